The molecule has 1 amide bonds. The van der Waals surface area contributed by atoms with Crippen molar-refractivity contribution in [2.24, 2.45) is 0 Å². The Morgan fingerprint density at radius 3 is 2.64 bits per heavy atom. The molecule has 1 aromatic heterocycles. The predicted molar refractivity (Wildman–Crippen MR) is 76.8 cm³/mol. The predicted octanol–water partition coefficient (Wildman–Crippen LogP) is 0.846. The molecule has 1 atom stereocenters. The van der Waals surface area contributed by atoms with Gasteiger partial charge in [0.05, 0.1) is 12.9 Å². The van der Waals surface area contributed by atoms with Crippen LogP contribution in [0.1, 0.15) is 16.8 Å². The van der Waals surface area contributed by atoms with Gasteiger partial charge in [-0.05, 0) is 24.3 Å². The molecule has 1 fully saturated rings. The fourth-order valence-electron chi connectivity index (χ4n) is 2.37. The van der Waals surface area contributed by atoms with E-state index in [1.165, 1.54) is 0 Å². The monoisotopic (exact) mass is 301 g/mol. The number of carbonyl (C=O) groups excluding carboxylic acids is 1. The van der Waals surface area contributed by atoms with Gasteiger partial charge < -0.3 is 19.7 Å². The van der Waals surface area contributed by atoms with Gasteiger partial charge in [-0.15, -0.1) is 0 Å². The number of ether oxygens (including phenoxy) is 1. The molecule has 0 saturated carbocycles. The van der Waals surface area contributed by atoms with Crippen LogP contribution in [0.25, 0.3) is 5.69 Å². The van der Waals surface area contributed by atoms with Crippen molar-refractivity contribution in [3.8, 4) is 5.69 Å². The summed E-state index contributed by atoms with van der Waals surface area (Å²) in [5.41, 5.74) is -0.0669. The van der Waals surface area contributed by atoms with Crippen molar-refractivity contribution in [3.63, 3.8) is 0 Å². The number of imidazole rings is 1. The third kappa shape index (κ3) is 2.58. The highest BCUT2D eigenvalue weighted by Crippen LogP contribution is 2.20. The lowest BCUT2D eigenvalue weighted by Gasteiger charge is -2.23. The molecule has 0 spiro atoms. The van der Waals surface area contributed by atoms with Crippen LogP contribution in [0, 0.1) is 0 Å². The summed E-state index contributed by atoms with van der Waals surface area (Å²) in [7, 11) is 0. The van der Waals surface area contributed by atoms with Crippen LogP contribution in [0.2, 0.25) is 0 Å². The van der Waals surface area contributed by atoms with Crippen LogP contribution in [0.5, 0.6) is 0 Å². The molecule has 1 aliphatic heterocycles. The second-order valence-electron chi connectivity index (χ2n) is 5.16. The van der Waals surface area contributed by atoms with Crippen LogP contribution >= 0.6 is 0 Å². The second kappa shape index (κ2) is 5.61. The molecule has 22 heavy (non-hydrogen) atoms. The number of carboxylic acids is 1. The largest absolute Gasteiger partial charge is 0.479 e. The molecule has 1 aromatic carbocycles. The van der Waals surface area contributed by atoms with E-state index in [0.717, 1.165) is 5.69 Å². The number of carbonyl (C=O) groups is 2. The van der Waals surface area contributed by atoms with Crippen molar-refractivity contribution in [3.05, 3.63) is 48.5 Å². The van der Waals surface area contributed by atoms with E-state index in [1.54, 1.807) is 43.0 Å². The van der Waals surface area contributed by atoms with Crippen molar-refractivity contribution < 1.29 is 19.4 Å². The molecule has 2 heterocycles. The molecule has 1 saturated heterocycles. The molecule has 3 rings (SSSR count). The highest BCUT2D eigenvalue weighted by Gasteiger charge is 2.44. The van der Waals surface area contributed by atoms with Gasteiger partial charge in [-0.3, -0.25) is 4.79 Å². The van der Waals surface area contributed by atoms with Gasteiger partial charge in [-0.1, -0.05) is 0 Å². The lowest BCUT2D eigenvalue weighted by Crippen LogP contribution is -2.55. The van der Waals surface area contributed by atoms with Crippen molar-refractivity contribution in [2.75, 3.05) is 13.2 Å². The molecule has 0 bridgehead atoms. The normalized spacial score (nSPS) is 20.7. The lowest BCUT2D eigenvalue weighted by molar-refractivity contribution is -0.144. The van der Waals surface area contributed by atoms with Crippen LogP contribution in [0.4, 0.5) is 0 Å². The zero-order valence-electron chi connectivity index (χ0n) is 11.7. The molecule has 0 radical (unpaired) electrons. The van der Waals surface area contributed by atoms with E-state index in [4.69, 9.17) is 4.74 Å². The molecule has 7 heteroatoms. The molecule has 114 valence electrons. The van der Waals surface area contributed by atoms with Crippen LogP contribution in [0.3, 0.4) is 0 Å². The molecule has 1 aliphatic rings. The first kappa shape index (κ1) is 14.3. The molecule has 0 aliphatic carbocycles. The summed E-state index contributed by atoms with van der Waals surface area (Å²) in [6, 6.07) is 6.84. The Kier molecular flexibility index (Phi) is 3.64. The van der Waals surface area contributed by atoms with Crippen molar-refractivity contribution in [2.45, 2.75) is 12.0 Å². The number of nitrogens with one attached hydrogen (secondary N) is 1. The first-order valence-electron chi connectivity index (χ1n) is 6.83. The van der Waals surface area contributed by atoms with E-state index in [-0.39, 0.29) is 13.0 Å². The van der Waals surface area contributed by atoms with Crippen LogP contribution in [0.15, 0.2) is 43.0 Å². The van der Waals surface area contributed by atoms with Crippen molar-refractivity contribution in [1.82, 2.24) is 14.9 Å². The zero-order valence-corrected chi connectivity index (χ0v) is 11.7. The van der Waals surface area contributed by atoms with E-state index < -0.39 is 17.4 Å². The van der Waals surface area contributed by atoms with Crippen molar-refractivity contribution in [1.29, 1.82) is 0 Å². The Bertz CT molecular complexity index is 673. The van der Waals surface area contributed by atoms with E-state index >= 15 is 0 Å². The van der Waals surface area contributed by atoms with Gasteiger partial charge in [0, 0.05) is 36.7 Å². The zero-order chi connectivity index (χ0) is 15.6. The van der Waals surface area contributed by atoms with Gasteiger partial charge >= 0.3 is 5.97 Å². The highest BCUT2D eigenvalue weighted by atomic mass is 16.5. The minimum Gasteiger partial charge on any atom is -0.479 e. The Labute approximate surface area is 126 Å². The van der Waals surface area contributed by atoms with Gasteiger partial charge in [0.15, 0.2) is 5.54 Å². The minimum atomic E-state index is -1.33. The fraction of sp³-hybridized carbons (Fsp3) is 0.267. The third-order valence-corrected chi connectivity index (χ3v) is 3.72. The van der Waals surface area contributed by atoms with Gasteiger partial charge in [0.2, 0.25) is 0 Å². The summed E-state index contributed by atoms with van der Waals surface area (Å²) in [5.74, 6) is -1.50. The molecular weight excluding hydrogens is 286 g/mol. The van der Waals surface area contributed by atoms with Gasteiger partial charge in [-0.25, -0.2) is 9.78 Å². The van der Waals surface area contributed by atoms with Gasteiger partial charge in [0.1, 0.15) is 0 Å². The lowest BCUT2D eigenvalue weighted by atomic mass is 9.98. The maximum Gasteiger partial charge on any atom is 0.331 e. The molecular formula is C15H15N3O4. The Morgan fingerprint density at radius 1 is 1.32 bits per heavy atom. The minimum absolute atomic E-state index is 0.0127. The summed E-state index contributed by atoms with van der Waals surface area (Å²) in [4.78, 5) is 27.6. The number of aromatic nitrogens is 2. The van der Waals surface area contributed by atoms with E-state index in [9.17, 15) is 14.7 Å². The number of nitrogens with zero attached hydrogens (tertiary/aromatic N) is 2. The number of rotatable bonds is 4. The maximum atomic E-state index is 12.3. The molecule has 7 nitrogen and oxygen atoms in total. The van der Waals surface area contributed by atoms with Gasteiger partial charge in [-0.2, -0.15) is 0 Å². The summed E-state index contributed by atoms with van der Waals surface area (Å²) < 4.78 is 6.93. The van der Waals surface area contributed by atoms with Crippen LogP contribution < -0.4 is 5.32 Å². The number of hydrogen-bond donors (Lipinski definition) is 2. The van der Waals surface area contributed by atoms with Crippen LogP contribution in [-0.4, -0.2) is 45.3 Å². The van der Waals surface area contributed by atoms with Gasteiger partial charge in [0.25, 0.3) is 5.91 Å². The first-order valence-corrected chi connectivity index (χ1v) is 6.83. The molecule has 2 N–H and O–H groups in total. The molecule has 2 aromatic rings. The Morgan fingerprint density at radius 2 is 2.09 bits per heavy atom. The smallest absolute Gasteiger partial charge is 0.331 e. The summed E-state index contributed by atoms with van der Waals surface area (Å²) >= 11 is 0. The number of hydrogen-bond acceptors (Lipinski definition) is 4. The Hall–Kier alpha value is -2.67. The first-order chi connectivity index (χ1) is 10.6. The standard InChI is InChI=1S/C15H15N3O4/c19-13(17-15(14(20)21)5-8-22-9-15)11-1-3-12(4-2-11)18-7-6-16-10-18/h1-4,6-7,10H,5,8-9H2,(H,17,19)(H,20,21). The summed E-state index contributed by atoms with van der Waals surface area (Å²) in [5, 5.41) is 11.9. The highest BCUT2D eigenvalue weighted by molar-refractivity contribution is 5.98. The number of aliphatic carboxylic acids is 1. The average Bonchev–Trinajstić information content (AvgIpc) is 3.19. The average molecular weight is 301 g/mol. The van der Waals surface area contributed by atoms with E-state index in [2.05, 4.69) is 10.3 Å². The quantitative estimate of drug-likeness (QED) is 0.873. The SMILES string of the molecule is O=C(NC1(C(=O)O)CCOC1)c1ccc(-n2ccnc2)cc1. The topological polar surface area (TPSA) is 93.5 Å². The summed E-state index contributed by atoms with van der Waals surface area (Å²) in [6.45, 7) is 0.313. The number of amides is 1. The van der Waals surface area contributed by atoms with E-state index in [0.29, 0.717) is 12.2 Å². The summed E-state index contributed by atoms with van der Waals surface area (Å²) in [6.07, 6.45) is 5.38. The number of carboxylic acid groups (broad SMARTS) is 1. The van der Waals surface area contributed by atoms with Crippen LogP contribution in [-0.2, 0) is 9.53 Å². The third-order valence-electron chi connectivity index (χ3n) is 3.72. The van der Waals surface area contributed by atoms with E-state index in [1.807, 2.05) is 4.57 Å². The number of benzene rings is 1. The second-order valence-corrected chi connectivity index (χ2v) is 5.16. The Balaban J connectivity index is 1.76. The fourth-order valence-corrected chi connectivity index (χ4v) is 2.37. The molecule has 1 unspecified atom stereocenters. The van der Waals surface area contributed by atoms with Crippen molar-refractivity contribution >= 4 is 11.9 Å². The maximum absolute atomic E-state index is 12.3.